The van der Waals surface area contributed by atoms with Gasteiger partial charge in [-0.05, 0) is 49.2 Å². The summed E-state index contributed by atoms with van der Waals surface area (Å²) in [5.41, 5.74) is 0. The molecule has 1 saturated heterocycles. The molecule has 2 unspecified atom stereocenters. The van der Waals surface area contributed by atoms with E-state index in [1.54, 1.807) is 11.3 Å². The molecule has 1 N–H and O–H groups in total. The first-order chi connectivity index (χ1) is 8.66. The first-order valence-corrected chi connectivity index (χ1v) is 7.87. The van der Waals surface area contributed by atoms with Crippen LogP contribution < -0.4 is 5.32 Å². The topological polar surface area (TPSA) is 29.1 Å². The van der Waals surface area contributed by atoms with E-state index in [0.29, 0.717) is 30.5 Å². The largest absolute Gasteiger partial charge is 0.316 e. The van der Waals surface area contributed by atoms with Gasteiger partial charge in [-0.15, -0.1) is 11.3 Å². The number of nitrogens with one attached hydrogen (secondary N) is 1. The second kappa shape index (κ2) is 6.69. The summed E-state index contributed by atoms with van der Waals surface area (Å²) < 4.78 is 0. The van der Waals surface area contributed by atoms with E-state index in [-0.39, 0.29) is 0 Å². The number of carbonyl (C=O) groups is 1. The molecule has 0 spiro atoms. The van der Waals surface area contributed by atoms with Crippen molar-refractivity contribution in [3.05, 3.63) is 21.3 Å². The van der Waals surface area contributed by atoms with Crippen molar-refractivity contribution in [1.29, 1.82) is 0 Å². The van der Waals surface area contributed by atoms with Gasteiger partial charge < -0.3 is 5.32 Å². The van der Waals surface area contributed by atoms with Crippen molar-refractivity contribution in [3.63, 3.8) is 0 Å². The third-order valence-corrected chi connectivity index (χ3v) is 5.13. The summed E-state index contributed by atoms with van der Waals surface area (Å²) in [5, 5.41) is 6.09. The molecule has 0 saturated carbocycles. The van der Waals surface area contributed by atoms with Crippen LogP contribution >= 0.6 is 22.9 Å². The van der Waals surface area contributed by atoms with Gasteiger partial charge in [-0.3, -0.25) is 4.79 Å². The third-order valence-electron chi connectivity index (χ3n) is 3.74. The molecule has 18 heavy (non-hydrogen) atoms. The fraction of sp³-hybridized carbons (Fsp3) is 0.643. The maximum atomic E-state index is 12.0. The molecule has 0 radical (unpaired) electrons. The van der Waals surface area contributed by atoms with Crippen LogP contribution in [0.4, 0.5) is 0 Å². The third kappa shape index (κ3) is 3.81. The molecule has 2 rings (SSSR count). The summed E-state index contributed by atoms with van der Waals surface area (Å²) in [7, 11) is 0. The van der Waals surface area contributed by atoms with Crippen LogP contribution in [0.2, 0.25) is 5.02 Å². The van der Waals surface area contributed by atoms with Crippen LogP contribution in [0.15, 0.2) is 11.4 Å². The van der Waals surface area contributed by atoms with Crippen LogP contribution in [0.25, 0.3) is 0 Å². The average Bonchev–Trinajstić information content (AvgIpc) is 2.76. The van der Waals surface area contributed by atoms with Crippen molar-refractivity contribution < 1.29 is 4.79 Å². The van der Waals surface area contributed by atoms with Gasteiger partial charge in [-0.1, -0.05) is 18.5 Å². The van der Waals surface area contributed by atoms with Gasteiger partial charge in [0.1, 0.15) is 5.78 Å². The fourth-order valence-electron chi connectivity index (χ4n) is 2.59. The van der Waals surface area contributed by atoms with Gasteiger partial charge >= 0.3 is 0 Å². The normalized spacial score (nSPS) is 21.8. The molecule has 0 aliphatic carbocycles. The lowest BCUT2D eigenvalue weighted by Gasteiger charge is -2.27. The van der Waals surface area contributed by atoms with Crippen LogP contribution in [0.1, 0.15) is 31.1 Å². The van der Waals surface area contributed by atoms with Gasteiger partial charge in [0.2, 0.25) is 0 Å². The van der Waals surface area contributed by atoms with Gasteiger partial charge in [0, 0.05) is 17.7 Å². The molecule has 1 aromatic rings. The maximum absolute atomic E-state index is 12.0. The molecule has 100 valence electrons. The highest BCUT2D eigenvalue weighted by molar-refractivity contribution is 7.10. The van der Waals surface area contributed by atoms with Crippen LogP contribution in [0.3, 0.4) is 0 Å². The lowest BCUT2D eigenvalue weighted by Crippen LogP contribution is -2.34. The van der Waals surface area contributed by atoms with Crippen molar-refractivity contribution in [2.45, 2.75) is 32.6 Å². The molecule has 1 aliphatic rings. The maximum Gasteiger partial charge on any atom is 0.138 e. The zero-order chi connectivity index (χ0) is 13.0. The number of thiophene rings is 1. The molecule has 0 amide bonds. The number of carbonyl (C=O) groups excluding carboxylic acids is 1. The Bertz CT molecular complexity index is 398. The minimum Gasteiger partial charge on any atom is -0.316 e. The van der Waals surface area contributed by atoms with Gasteiger partial charge in [-0.25, -0.2) is 0 Å². The van der Waals surface area contributed by atoms with Gasteiger partial charge in [0.25, 0.3) is 0 Å². The van der Waals surface area contributed by atoms with Crippen molar-refractivity contribution in [2.24, 2.45) is 11.8 Å². The first-order valence-electron chi connectivity index (χ1n) is 6.61. The van der Waals surface area contributed by atoms with E-state index in [2.05, 4.69) is 12.2 Å². The number of halogens is 1. The Morgan fingerprint density at radius 3 is 3.11 bits per heavy atom. The van der Waals surface area contributed by atoms with Crippen molar-refractivity contribution >= 4 is 28.7 Å². The molecule has 1 fully saturated rings. The number of piperidine rings is 1. The lowest BCUT2D eigenvalue weighted by atomic mass is 9.84. The molecule has 2 nitrogen and oxygen atoms in total. The Morgan fingerprint density at radius 2 is 2.50 bits per heavy atom. The van der Waals surface area contributed by atoms with E-state index in [4.69, 9.17) is 11.6 Å². The van der Waals surface area contributed by atoms with E-state index in [9.17, 15) is 4.79 Å². The second-order valence-electron chi connectivity index (χ2n) is 5.20. The van der Waals surface area contributed by atoms with Crippen molar-refractivity contribution in [3.8, 4) is 0 Å². The summed E-state index contributed by atoms with van der Waals surface area (Å²) >= 11 is 7.59. The van der Waals surface area contributed by atoms with E-state index in [0.717, 1.165) is 23.0 Å². The van der Waals surface area contributed by atoms with Crippen LogP contribution in [0, 0.1) is 11.8 Å². The number of hydrogen-bond donors (Lipinski definition) is 1. The number of Topliss-reactive ketones (excluding diaryl/α,β-unsaturated/α-hetero) is 1. The van der Waals surface area contributed by atoms with E-state index in [1.165, 1.54) is 12.8 Å². The standard InChI is InChI=1S/C14H20ClNOS/c1-10(11-3-2-5-16-9-11)7-12(17)8-14-13(15)4-6-18-14/h4,6,10-11,16H,2-3,5,7-9H2,1H3. The molecule has 0 aromatic carbocycles. The predicted molar refractivity (Wildman–Crippen MR) is 77.4 cm³/mol. The second-order valence-corrected chi connectivity index (χ2v) is 6.60. The summed E-state index contributed by atoms with van der Waals surface area (Å²) in [4.78, 5) is 13.1. The Labute approximate surface area is 118 Å². The molecular formula is C14H20ClNOS. The Morgan fingerprint density at radius 1 is 1.67 bits per heavy atom. The van der Waals surface area contributed by atoms with Gasteiger partial charge in [0.05, 0.1) is 5.02 Å². The van der Waals surface area contributed by atoms with E-state index < -0.39 is 0 Å². The number of rotatable bonds is 5. The van der Waals surface area contributed by atoms with E-state index in [1.807, 2.05) is 11.4 Å². The lowest BCUT2D eigenvalue weighted by molar-refractivity contribution is -0.119. The van der Waals surface area contributed by atoms with Crippen molar-refractivity contribution in [1.82, 2.24) is 5.32 Å². The Hall–Kier alpha value is -0.380. The minimum absolute atomic E-state index is 0.317. The first kappa shape index (κ1) is 14.0. The number of ketones is 1. The highest BCUT2D eigenvalue weighted by Gasteiger charge is 2.22. The van der Waals surface area contributed by atoms with Crippen LogP contribution in [0.5, 0.6) is 0 Å². The van der Waals surface area contributed by atoms with Crippen molar-refractivity contribution in [2.75, 3.05) is 13.1 Å². The molecule has 2 atom stereocenters. The molecule has 4 heteroatoms. The van der Waals surface area contributed by atoms with Gasteiger partial charge in [-0.2, -0.15) is 0 Å². The molecule has 1 aromatic heterocycles. The molecule has 2 heterocycles. The summed E-state index contributed by atoms with van der Waals surface area (Å²) in [6, 6.07) is 1.86. The minimum atomic E-state index is 0.317. The summed E-state index contributed by atoms with van der Waals surface area (Å²) in [6.45, 7) is 4.39. The van der Waals surface area contributed by atoms with Gasteiger partial charge in [0.15, 0.2) is 0 Å². The SMILES string of the molecule is CC(CC(=O)Cc1sccc1Cl)C1CCCNC1. The number of hydrogen-bond acceptors (Lipinski definition) is 3. The van der Waals surface area contributed by atoms with Crippen LogP contribution in [-0.4, -0.2) is 18.9 Å². The molecular weight excluding hydrogens is 266 g/mol. The fourth-order valence-corrected chi connectivity index (χ4v) is 3.72. The smallest absolute Gasteiger partial charge is 0.138 e. The Balaban J connectivity index is 1.81. The predicted octanol–water partition coefficient (Wildman–Crippen LogP) is 3.54. The Kier molecular flexibility index (Phi) is 5.22. The summed E-state index contributed by atoms with van der Waals surface area (Å²) in [5.74, 6) is 1.45. The molecule has 0 bridgehead atoms. The quantitative estimate of drug-likeness (QED) is 0.896. The monoisotopic (exact) mass is 285 g/mol. The summed E-state index contributed by atoms with van der Waals surface area (Å²) in [6.07, 6.45) is 3.67. The molecule has 1 aliphatic heterocycles. The van der Waals surface area contributed by atoms with E-state index >= 15 is 0 Å². The van der Waals surface area contributed by atoms with Crippen LogP contribution in [-0.2, 0) is 11.2 Å². The zero-order valence-electron chi connectivity index (χ0n) is 10.7. The highest BCUT2D eigenvalue weighted by Crippen LogP contribution is 2.26. The zero-order valence-corrected chi connectivity index (χ0v) is 12.3. The highest BCUT2D eigenvalue weighted by atomic mass is 35.5. The average molecular weight is 286 g/mol.